The van der Waals surface area contributed by atoms with Crippen molar-refractivity contribution >= 4 is 29.2 Å². The first kappa shape index (κ1) is 13.9. The number of carbonyl (C=O) groups excluding carboxylic acids is 1. The Kier molecular flexibility index (Phi) is 3.80. The minimum Gasteiger partial charge on any atom is -0.481 e. The number of anilines is 1. The van der Waals surface area contributed by atoms with E-state index >= 15 is 0 Å². The fourth-order valence-corrected chi connectivity index (χ4v) is 2.47. The van der Waals surface area contributed by atoms with Gasteiger partial charge in [-0.25, -0.2) is 0 Å². The number of hydrogen-bond acceptors (Lipinski definition) is 2. The first-order chi connectivity index (χ1) is 8.93. The van der Waals surface area contributed by atoms with Crippen molar-refractivity contribution in [3.05, 3.63) is 28.8 Å². The molecule has 0 bridgehead atoms. The number of carboxylic acid groups (broad SMARTS) is 1. The molecule has 1 amide bonds. The zero-order valence-electron chi connectivity index (χ0n) is 10.7. The number of benzene rings is 1. The van der Waals surface area contributed by atoms with Crippen molar-refractivity contribution in [2.24, 2.45) is 5.41 Å². The number of aliphatic carboxylic acids is 1. The van der Waals surface area contributed by atoms with Crippen LogP contribution in [-0.4, -0.2) is 17.0 Å². The van der Waals surface area contributed by atoms with Gasteiger partial charge in [-0.05, 0) is 37.5 Å². The number of rotatable bonds is 4. The van der Waals surface area contributed by atoms with E-state index in [-0.39, 0.29) is 12.3 Å². The van der Waals surface area contributed by atoms with Gasteiger partial charge in [0.25, 0.3) is 0 Å². The highest BCUT2D eigenvalue weighted by atomic mass is 35.5. The third-order valence-corrected chi connectivity index (χ3v) is 3.99. The number of nitrogens with one attached hydrogen (secondary N) is 1. The second-order valence-corrected chi connectivity index (χ2v) is 5.55. The second-order valence-electron chi connectivity index (χ2n) is 5.15. The van der Waals surface area contributed by atoms with Crippen molar-refractivity contribution in [1.29, 1.82) is 0 Å². The Morgan fingerprint density at radius 1 is 1.42 bits per heavy atom. The van der Waals surface area contributed by atoms with E-state index < -0.39 is 11.4 Å². The molecule has 1 fully saturated rings. The van der Waals surface area contributed by atoms with Gasteiger partial charge in [-0.1, -0.05) is 24.1 Å². The van der Waals surface area contributed by atoms with Gasteiger partial charge in [0.05, 0.1) is 16.1 Å². The van der Waals surface area contributed by atoms with Gasteiger partial charge < -0.3 is 10.4 Å². The summed E-state index contributed by atoms with van der Waals surface area (Å²) in [4.78, 5) is 23.2. The predicted molar refractivity (Wildman–Crippen MR) is 73.4 cm³/mol. The standard InChI is InChI=1S/C14H16ClNO3/c1-9-3-4-10(15)11(7-9)16-12(17)8-14(13(18)19)5-2-6-14/h3-4,7H,2,5-6,8H2,1H3,(H,16,17)(H,18,19). The lowest BCUT2D eigenvalue weighted by Crippen LogP contribution is -2.41. The Hall–Kier alpha value is -1.55. The molecular formula is C14H16ClNO3. The van der Waals surface area contributed by atoms with Crippen molar-refractivity contribution in [2.45, 2.75) is 32.6 Å². The van der Waals surface area contributed by atoms with Crippen LogP contribution in [0.25, 0.3) is 0 Å². The molecule has 0 radical (unpaired) electrons. The Labute approximate surface area is 116 Å². The first-order valence-corrected chi connectivity index (χ1v) is 6.60. The van der Waals surface area contributed by atoms with Crippen LogP contribution in [0.2, 0.25) is 5.02 Å². The molecule has 5 heteroatoms. The number of amides is 1. The lowest BCUT2D eigenvalue weighted by atomic mass is 9.66. The molecule has 4 nitrogen and oxygen atoms in total. The van der Waals surface area contributed by atoms with Crippen LogP contribution in [-0.2, 0) is 9.59 Å². The van der Waals surface area contributed by atoms with E-state index in [1.54, 1.807) is 12.1 Å². The van der Waals surface area contributed by atoms with Crippen molar-refractivity contribution in [2.75, 3.05) is 5.32 Å². The normalized spacial score (nSPS) is 16.5. The van der Waals surface area contributed by atoms with Crippen molar-refractivity contribution in [3.63, 3.8) is 0 Å². The fraction of sp³-hybridized carbons (Fsp3) is 0.429. The van der Waals surface area contributed by atoms with E-state index in [9.17, 15) is 14.7 Å². The van der Waals surface area contributed by atoms with Crippen LogP contribution >= 0.6 is 11.6 Å². The van der Waals surface area contributed by atoms with Gasteiger partial charge in [-0.15, -0.1) is 0 Å². The maximum absolute atomic E-state index is 12.0. The molecule has 2 rings (SSSR count). The molecule has 1 aliphatic rings. The molecule has 1 aromatic carbocycles. The summed E-state index contributed by atoms with van der Waals surface area (Å²) in [5.74, 6) is -1.18. The van der Waals surface area contributed by atoms with Crippen molar-refractivity contribution in [1.82, 2.24) is 0 Å². The molecule has 2 N–H and O–H groups in total. The highest BCUT2D eigenvalue weighted by Gasteiger charge is 2.45. The lowest BCUT2D eigenvalue weighted by molar-refractivity contribution is -0.157. The molecule has 1 saturated carbocycles. The highest BCUT2D eigenvalue weighted by Crippen LogP contribution is 2.44. The quantitative estimate of drug-likeness (QED) is 0.890. The average Bonchev–Trinajstić information content (AvgIpc) is 2.28. The molecule has 0 aromatic heterocycles. The van der Waals surface area contributed by atoms with Crippen molar-refractivity contribution in [3.8, 4) is 0 Å². The fourth-order valence-electron chi connectivity index (χ4n) is 2.31. The molecular weight excluding hydrogens is 266 g/mol. The zero-order valence-corrected chi connectivity index (χ0v) is 11.5. The molecule has 0 spiro atoms. The largest absolute Gasteiger partial charge is 0.481 e. The van der Waals surface area contributed by atoms with Gasteiger partial charge in [0.15, 0.2) is 0 Å². The van der Waals surface area contributed by atoms with Gasteiger partial charge in [-0.2, -0.15) is 0 Å². The number of carboxylic acids is 1. The summed E-state index contributed by atoms with van der Waals surface area (Å²) in [6, 6.07) is 5.33. The minimum absolute atomic E-state index is 0.00655. The van der Waals surface area contributed by atoms with Gasteiger partial charge in [0, 0.05) is 6.42 Å². The summed E-state index contributed by atoms with van der Waals surface area (Å²) in [5, 5.41) is 12.3. The van der Waals surface area contributed by atoms with E-state index in [4.69, 9.17) is 11.6 Å². The third kappa shape index (κ3) is 2.89. The third-order valence-electron chi connectivity index (χ3n) is 3.66. The summed E-state index contributed by atoms with van der Waals surface area (Å²) >= 11 is 5.99. The number of hydrogen-bond donors (Lipinski definition) is 2. The first-order valence-electron chi connectivity index (χ1n) is 6.22. The molecule has 102 valence electrons. The zero-order chi connectivity index (χ0) is 14.0. The Morgan fingerprint density at radius 3 is 2.63 bits per heavy atom. The summed E-state index contributed by atoms with van der Waals surface area (Å²) in [7, 11) is 0. The average molecular weight is 282 g/mol. The summed E-state index contributed by atoms with van der Waals surface area (Å²) in [6.07, 6.45) is 2.01. The lowest BCUT2D eigenvalue weighted by Gasteiger charge is -2.36. The Bertz CT molecular complexity index is 523. The smallest absolute Gasteiger partial charge is 0.310 e. The van der Waals surface area contributed by atoms with E-state index in [1.165, 1.54) is 0 Å². The second kappa shape index (κ2) is 5.21. The molecule has 0 unspecified atom stereocenters. The molecule has 0 aliphatic heterocycles. The molecule has 0 heterocycles. The topological polar surface area (TPSA) is 66.4 Å². The van der Waals surface area contributed by atoms with Gasteiger partial charge in [0.2, 0.25) is 5.91 Å². The summed E-state index contributed by atoms with van der Waals surface area (Å²) in [5.41, 5.74) is 0.642. The molecule has 0 atom stereocenters. The molecule has 1 aromatic rings. The summed E-state index contributed by atoms with van der Waals surface area (Å²) in [6.45, 7) is 1.90. The van der Waals surface area contributed by atoms with Crippen LogP contribution in [0, 0.1) is 12.3 Å². The Morgan fingerprint density at radius 2 is 2.11 bits per heavy atom. The minimum atomic E-state index is -0.885. The van der Waals surface area contributed by atoms with Gasteiger partial charge >= 0.3 is 5.97 Å². The van der Waals surface area contributed by atoms with Gasteiger partial charge in [0.1, 0.15) is 0 Å². The van der Waals surface area contributed by atoms with Crippen LogP contribution < -0.4 is 5.32 Å². The summed E-state index contributed by atoms with van der Waals surface area (Å²) < 4.78 is 0. The van der Waals surface area contributed by atoms with E-state index in [1.807, 2.05) is 13.0 Å². The van der Waals surface area contributed by atoms with E-state index in [0.717, 1.165) is 12.0 Å². The van der Waals surface area contributed by atoms with Gasteiger partial charge in [-0.3, -0.25) is 9.59 Å². The Balaban J connectivity index is 2.05. The maximum Gasteiger partial charge on any atom is 0.310 e. The molecule has 1 aliphatic carbocycles. The number of halogens is 1. The monoisotopic (exact) mass is 281 g/mol. The van der Waals surface area contributed by atoms with Crippen LogP contribution in [0.4, 0.5) is 5.69 Å². The van der Waals surface area contributed by atoms with Crippen LogP contribution in [0.15, 0.2) is 18.2 Å². The number of aryl methyl sites for hydroxylation is 1. The van der Waals surface area contributed by atoms with E-state index in [2.05, 4.69) is 5.32 Å². The van der Waals surface area contributed by atoms with Crippen LogP contribution in [0.3, 0.4) is 0 Å². The van der Waals surface area contributed by atoms with E-state index in [0.29, 0.717) is 23.6 Å². The number of carbonyl (C=O) groups is 2. The molecule has 0 saturated heterocycles. The van der Waals surface area contributed by atoms with Crippen LogP contribution in [0.5, 0.6) is 0 Å². The highest BCUT2D eigenvalue weighted by molar-refractivity contribution is 6.33. The predicted octanol–water partition coefficient (Wildman–Crippen LogP) is 3.23. The van der Waals surface area contributed by atoms with Crippen LogP contribution in [0.1, 0.15) is 31.2 Å². The maximum atomic E-state index is 12.0. The SMILES string of the molecule is Cc1ccc(Cl)c(NC(=O)CC2(C(=O)O)CCC2)c1. The molecule has 19 heavy (non-hydrogen) atoms. The van der Waals surface area contributed by atoms with Crippen molar-refractivity contribution < 1.29 is 14.7 Å².